The number of piperidine rings is 2. The highest BCUT2D eigenvalue weighted by Gasteiger charge is 2.34. The number of benzene rings is 1. The lowest BCUT2D eigenvalue weighted by atomic mass is 9.74. The second-order valence-corrected chi connectivity index (χ2v) is 7.90. The van der Waals surface area contributed by atoms with E-state index in [1.165, 1.54) is 5.56 Å². The van der Waals surface area contributed by atoms with E-state index < -0.39 is 0 Å². The first-order valence-corrected chi connectivity index (χ1v) is 9.76. The largest absolute Gasteiger partial charge is 0.337 e. The number of carbonyl (C=O) groups is 1. The third-order valence-electron chi connectivity index (χ3n) is 6.10. The van der Waals surface area contributed by atoms with E-state index in [0.29, 0.717) is 11.7 Å². The molecule has 2 aromatic rings. The van der Waals surface area contributed by atoms with Gasteiger partial charge in [-0.05, 0) is 49.3 Å². The standard InChI is InChI=1S/C21H28N4O/c1-21(17-6-3-2-4-7-17)10-14-24(15-11-21)20(26)19-9-13-25(23-19)18-8-5-12-22-16-18/h2-4,6-7,9,13,18,22H,5,8,10-12,14-16H2,1H3. The second kappa shape index (κ2) is 7.23. The van der Waals surface area contributed by atoms with Gasteiger partial charge in [0.1, 0.15) is 5.69 Å². The molecule has 2 saturated heterocycles. The third-order valence-corrected chi connectivity index (χ3v) is 6.10. The Kier molecular flexibility index (Phi) is 4.81. The van der Waals surface area contributed by atoms with Crippen LogP contribution in [0.3, 0.4) is 0 Å². The minimum absolute atomic E-state index is 0.0719. The topological polar surface area (TPSA) is 50.2 Å². The predicted molar refractivity (Wildman–Crippen MR) is 102 cm³/mol. The van der Waals surface area contributed by atoms with Crippen molar-refractivity contribution in [1.82, 2.24) is 20.0 Å². The molecule has 26 heavy (non-hydrogen) atoms. The molecule has 1 amide bonds. The van der Waals surface area contributed by atoms with Crippen molar-refractivity contribution in [2.45, 2.75) is 44.1 Å². The van der Waals surface area contributed by atoms with Crippen LogP contribution in [0.4, 0.5) is 0 Å². The van der Waals surface area contributed by atoms with Crippen molar-refractivity contribution >= 4 is 5.91 Å². The number of hydrogen-bond donors (Lipinski definition) is 1. The monoisotopic (exact) mass is 352 g/mol. The average molecular weight is 352 g/mol. The maximum Gasteiger partial charge on any atom is 0.274 e. The van der Waals surface area contributed by atoms with Crippen molar-refractivity contribution in [1.29, 1.82) is 0 Å². The molecule has 0 bridgehead atoms. The SMILES string of the molecule is CC1(c2ccccc2)CCN(C(=O)c2ccn(C3CCCNC3)n2)CC1. The van der Waals surface area contributed by atoms with E-state index in [9.17, 15) is 4.79 Å². The van der Waals surface area contributed by atoms with E-state index >= 15 is 0 Å². The normalized spacial score (nSPS) is 23.0. The number of aromatic nitrogens is 2. The smallest absolute Gasteiger partial charge is 0.274 e. The summed E-state index contributed by atoms with van der Waals surface area (Å²) < 4.78 is 1.97. The van der Waals surface area contributed by atoms with Crippen molar-refractivity contribution in [2.24, 2.45) is 0 Å². The van der Waals surface area contributed by atoms with Crippen molar-refractivity contribution in [2.75, 3.05) is 26.2 Å². The molecular weight excluding hydrogens is 324 g/mol. The molecule has 0 spiro atoms. The minimum atomic E-state index is 0.0719. The molecule has 1 atom stereocenters. The van der Waals surface area contributed by atoms with E-state index in [-0.39, 0.29) is 11.3 Å². The van der Waals surface area contributed by atoms with Gasteiger partial charge in [-0.15, -0.1) is 0 Å². The van der Waals surface area contributed by atoms with E-state index in [1.807, 2.05) is 21.8 Å². The minimum Gasteiger partial charge on any atom is -0.337 e. The molecular formula is C21H28N4O. The first-order chi connectivity index (χ1) is 12.7. The van der Waals surface area contributed by atoms with Crippen LogP contribution in [0.2, 0.25) is 0 Å². The fourth-order valence-corrected chi connectivity index (χ4v) is 4.21. The Bertz CT molecular complexity index is 740. The van der Waals surface area contributed by atoms with Crippen LogP contribution in [-0.4, -0.2) is 46.8 Å². The zero-order valence-corrected chi connectivity index (χ0v) is 15.5. The molecule has 1 N–H and O–H groups in total. The molecule has 5 nitrogen and oxygen atoms in total. The quantitative estimate of drug-likeness (QED) is 0.924. The van der Waals surface area contributed by atoms with Gasteiger partial charge in [-0.25, -0.2) is 0 Å². The number of likely N-dealkylation sites (tertiary alicyclic amines) is 1. The van der Waals surface area contributed by atoms with Gasteiger partial charge in [0, 0.05) is 25.8 Å². The maximum atomic E-state index is 12.9. The van der Waals surface area contributed by atoms with Crippen LogP contribution in [-0.2, 0) is 5.41 Å². The molecule has 138 valence electrons. The van der Waals surface area contributed by atoms with Crippen molar-refractivity contribution < 1.29 is 4.79 Å². The Labute approximate surface area is 155 Å². The van der Waals surface area contributed by atoms with Gasteiger partial charge in [-0.3, -0.25) is 9.48 Å². The molecule has 0 saturated carbocycles. The summed E-state index contributed by atoms with van der Waals surface area (Å²) in [6.45, 7) is 5.92. The molecule has 1 unspecified atom stereocenters. The Morgan fingerprint density at radius 1 is 1.19 bits per heavy atom. The van der Waals surface area contributed by atoms with Gasteiger partial charge in [0.15, 0.2) is 0 Å². The highest BCUT2D eigenvalue weighted by Crippen LogP contribution is 2.35. The zero-order chi connectivity index (χ0) is 18.0. The number of amides is 1. The lowest BCUT2D eigenvalue weighted by Crippen LogP contribution is -2.44. The van der Waals surface area contributed by atoms with Crippen LogP contribution >= 0.6 is 0 Å². The molecule has 4 rings (SSSR count). The van der Waals surface area contributed by atoms with Gasteiger partial charge in [-0.1, -0.05) is 37.3 Å². The van der Waals surface area contributed by atoms with E-state index in [4.69, 9.17) is 0 Å². The third kappa shape index (κ3) is 3.40. The highest BCUT2D eigenvalue weighted by atomic mass is 16.2. The van der Waals surface area contributed by atoms with Crippen LogP contribution in [0, 0.1) is 0 Å². The molecule has 3 heterocycles. The summed E-state index contributed by atoms with van der Waals surface area (Å²) >= 11 is 0. The van der Waals surface area contributed by atoms with E-state index in [2.05, 4.69) is 47.7 Å². The summed E-state index contributed by atoms with van der Waals surface area (Å²) in [7, 11) is 0. The molecule has 1 aromatic heterocycles. The second-order valence-electron chi connectivity index (χ2n) is 7.90. The Balaban J connectivity index is 1.40. The molecule has 0 aliphatic carbocycles. The molecule has 2 aliphatic rings. The predicted octanol–water partition coefficient (Wildman–Crippen LogP) is 3.00. The number of hydrogen-bond acceptors (Lipinski definition) is 3. The molecule has 0 radical (unpaired) electrons. The van der Waals surface area contributed by atoms with Gasteiger partial charge < -0.3 is 10.2 Å². The molecule has 5 heteroatoms. The lowest BCUT2D eigenvalue weighted by Gasteiger charge is -2.39. The number of rotatable bonds is 3. The van der Waals surface area contributed by atoms with Crippen molar-refractivity contribution in [3.63, 3.8) is 0 Å². The summed E-state index contributed by atoms with van der Waals surface area (Å²) in [4.78, 5) is 14.8. The number of carbonyl (C=O) groups excluding carboxylic acids is 1. The van der Waals surface area contributed by atoms with Crippen molar-refractivity contribution in [3.05, 3.63) is 53.9 Å². The van der Waals surface area contributed by atoms with Crippen LogP contribution in [0.5, 0.6) is 0 Å². The summed E-state index contributed by atoms with van der Waals surface area (Å²) in [5, 5.41) is 7.99. The lowest BCUT2D eigenvalue weighted by molar-refractivity contribution is 0.0668. The Morgan fingerprint density at radius 2 is 1.96 bits per heavy atom. The van der Waals surface area contributed by atoms with Crippen LogP contribution in [0.25, 0.3) is 0 Å². The molecule has 1 aromatic carbocycles. The van der Waals surface area contributed by atoms with Gasteiger partial charge >= 0.3 is 0 Å². The van der Waals surface area contributed by atoms with Gasteiger partial charge in [0.2, 0.25) is 0 Å². The van der Waals surface area contributed by atoms with Crippen molar-refractivity contribution in [3.8, 4) is 0 Å². The van der Waals surface area contributed by atoms with Crippen LogP contribution in [0.15, 0.2) is 42.6 Å². The van der Waals surface area contributed by atoms with Crippen LogP contribution in [0.1, 0.15) is 54.7 Å². The zero-order valence-electron chi connectivity index (χ0n) is 15.5. The van der Waals surface area contributed by atoms with E-state index in [0.717, 1.165) is 51.9 Å². The molecule has 2 fully saturated rings. The average Bonchev–Trinajstić information content (AvgIpc) is 3.20. The summed E-state index contributed by atoms with van der Waals surface area (Å²) in [6.07, 6.45) is 6.24. The highest BCUT2D eigenvalue weighted by molar-refractivity contribution is 5.92. The number of nitrogens with one attached hydrogen (secondary N) is 1. The first kappa shape index (κ1) is 17.3. The van der Waals surface area contributed by atoms with Gasteiger partial charge in [0.05, 0.1) is 6.04 Å². The summed E-state index contributed by atoms with van der Waals surface area (Å²) in [5.74, 6) is 0.0719. The maximum absolute atomic E-state index is 12.9. The Hall–Kier alpha value is -2.14. The summed E-state index contributed by atoms with van der Waals surface area (Å²) in [6, 6.07) is 12.9. The fraction of sp³-hybridized carbons (Fsp3) is 0.524. The van der Waals surface area contributed by atoms with Gasteiger partial charge in [-0.2, -0.15) is 5.10 Å². The van der Waals surface area contributed by atoms with E-state index in [1.54, 1.807) is 0 Å². The fourth-order valence-electron chi connectivity index (χ4n) is 4.21. The van der Waals surface area contributed by atoms with Gasteiger partial charge in [0.25, 0.3) is 5.91 Å². The molecule has 2 aliphatic heterocycles. The summed E-state index contributed by atoms with van der Waals surface area (Å²) in [5.41, 5.74) is 2.12. The van der Waals surface area contributed by atoms with Crippen LogP contribution < -0.4 is 5.32 Å². The Morgan fingerprint density at radius 3 is 2.65 bits per heavy atom. The first-order valence-electron chi connectivity index (χ1n) is 9.76. The number of nitrogens with zero attached hydrogens (tertiary/aromatic N) is 3.